The Morgan fingerprint density at radius 2 is 2.39 bits per heavy atom. The van der Waals surface area contributed by atoms with Gasteiger partial charge in [-0.15, -0.1) is 5.10 Å². The summed E-state index contributed by atoms with van der Waals surface area (Å²) in [5.74, 6) is 2.90. The lowest BCUT2D eigenvalue weighted by atomic mass is 9.95. The molecule has 2 fully saturated rings. The summed E-state index contributed by atoms with van der Waals surface area (Å²) in [6.07, 6.45) is 5.16. The molecule has 0 unspecified atom stereocenters. The number of fused-ring (bicyclic) bond motifs is 2. The first-order valence-electron chi connectivity index (χ1n) is 6.52. The molecule has 6 heteroatoms. The lowest BCUT2D eigenvalue weighted by Gasteiger charge is -2.22. The van der Waals surface area contributed by atoms with Crippen molar-refractivity contribution >= 4 is 17.7 Å². The summed E-state index contributed by atoms with van der Waals surface area (Å²) < 4.78 is 0. The van der Waals surface area contributed by atoms with Gasteiger partial charge in [0.15, 0.2) is 0 Å². The molecule has 0 saturated heterocycles. The van der Waals surface area contributed by atoms with Crippen LogP contribution < -0.4 is 5.32 Å². The van der Waals surface area contributed by atoms with Gasteiger partial charge in [0.2, 0.25) is 11.1 Å². The maximum Gasteiger partial charge on any atom is 0.230 e. The molecule has 98 valence electrons. The van der Waals surface area contributed by atoms with Crippen LogP contribution in [0.15, 0.2) is 5.16 Å². The third-order valence-electron chi connectivity index (χ3n) is 3.99. The van der Waals surface area contributed by atoms with Crippen molar-refractivity contribution in [2.24, 2.45) is 11.8 Å². The molecule has 0 aromatic carbocycles. The van der Waals surface area contributed by atoms with Crippen LogP contribution in [-0.4, -0.2) is 32.9 Å². The summed E-state index contributed by atoms with van der Waals surface area (Å²) in [6.45, 7) is 1.85. The number of thioether (sulfide) groups is 1. The first kappa shape index (κ1) is 12.0. The van der Waals surface area contributed by atoms with Gasteiger partial charge in [0.05, 0.1) is 5.75 Å². The fourth-order valence-corrected chi connectivity index (χ4v) is 3.84. The summed E-state index contributed by atoms with van der Waals surface area (Å²) in [7, 11) is 0. The highest BCUT2D eigenvalue weighted by atomic mass is 32.2. The van der Waals surface area contributed by atoms with Crippen molar-refractivity contribution in [3.05, 3.63) is 5.82 Å². The summed E-state index contributed by atoms with van der Waals surface area (Å²) in [4.78, 5) is 16.0. The van der Waals surface area contributed by atoms with Gasteiger partial charge >= 0.3 is 0 Å². The topological polar surface area (TPSA) is 70.7 Å². The second kappa shape index (κ2) is 4.91. The second-order valence-electron chi connectivity index (χ2n) is 5.34. The third-order valence-corrected chi connectivity index (χ3v) is 4.84. The van der Waals surface area contributed by atoms with E-state index in [1.165, 1.54) is 37.4 Å². The maximum atomic E-state index is 11.9. The molecule has 1 heterocycles. The smallest absolute Gasteiger partial charge is 0.230 e. The standard InChI is InChI=1S/C12H18N4OS/c1-7-13-12(16-15-7)18-6-11(17)14-10-5-8-2-3-9(10)4-8/h8-10H,2-6H2,1H3,(H,14,17)(H,13,15,16)/t8-,9-,10-/m0/s1. The van der Waals surface area contributed by atoms with Crippen LogP contribution in [0.1, 0.15) is 31.5 Å². The quantitative estimate of drug-likeness (QED) is 0.810. The van der Waals surface area contributed by atoms with Gasteiger partial charge in [-0.3, -0.25) is 9.89 Å². The van der Waals surface area contributed by atoms with E-state index in [0.29, 0.717) is 17.0 Å². The summed E-state index contributed by atoms with van der Waals surface area (Å²) in [5.41, 5.74) is 0. The van der Waals surface area contributed by atoms with E-state index in [-0.39, 0.29) is 5.91 Å². The number of H-pyrrole nitrogens is 1. The van der Waals surface area contributed by atoms with Crippen molar-refractivity contribution < 1.29 is 4.79 Å². The van der Waals surface area contributed by atoms with Gasteiger partial charge in [-0.1, -0.05) is 18.2 Å². The fourth-order valence-electron chi connectivity index (χ4n) is 3.19. The van der Waals surface area contributed by atoms with Crippen LogP contribution in [0.2, 0.25) is 0 Å². The highest BCUT2D eigenvalue weighted by Gasteiger charge is 2.39. The molecule has 2 N–H and O–H groups in total. The number of hydrogen-bond donors (Lipinski definition) is 2. The number of rotatable bonds is 4. The van der Waals surface area contributed by atoms with Crippen LogP contribution in [0.3, 0.4) is 0 Å². The molecule has 1 aromatic heterocycles. The molecule has 1 aromatic rings. The molecule has 0 radical (unpaired) electrons. The Hall–Kier alpha value is -1.04. The highest BCUT2D eigenvalue weighted by Crippen LogP contribution is 2.44. The van der Waals surface area contributed by atoms with Crippen molar-refractivity contribution in [2.75, 3.05) is 5.75 Å². The average molecular weight is 266 g/mol. The Morgan fingerprint density at radius 1 is 1.50 bits per heavy atom. The van der Waals surface area contributed by atoms with Crippen molar-refractivity contribution in [3.8, 4) is 0 Å². The van der Waals surface area contributed by atoms with Gasteiger partial charge in [0.25, 0.3) is 0 Å². The predicted molar refractivity (Wildman–Crippen MR) is 69.2 cm³/mol. The number of amides is 1. The van der Waals surface area contributed by atoms with E-state index in [9.17, 15) is 4.79 Å². The Bertz CT molecular complexity index is 447. The van der Waals surface area contributed by atoms with Crippen LogP contribution in [0.25, 0.3) is 0 Å². The molecule has 5 nitrogen and oxygen atoms in total. The van der Waals surface area contributed by atoms with Gasteiger partial charge in [-0.2, -0.15) is 0 Å². The zero-order valence-corrected chi connectivity index (χ0v) is 11.3. The Labute approximate surface area is 111 Å². The minimum absolute atomic E-state index is 0.111. The van der Waals surface area contributed by atoms with Crippen LogP contribution in [-0.2, 0) is 4.79 Å². The molecule has 2 aliphatic rings. The largest absolute Gasteiger partial charge is 0.352 e. The van der Waals surface area contributed by atoms with Crippen molar-refractivity contribution in [2.45, 2.75) is 43.8 Å². The third kappa shape index (κ3) is 2.53. The van der Waals surface area contributed by atoms with Gasteiger partial charge in [0.1, 0.15) is 5.82 Å². The van der Waals surface area contributed by atoms with Crippen LogP contribution in [0.4, 0.5) is 0 Å². The maximum absolute atomic E-state index is 11.9. The minimum atomic E-state index is 0.111. The average Bonchev–Trinajstić information content (AvgIpc) is 3.03. The molecule has 2 saturated carbocycles. The van der Waals surface area contributed by atoms with E-state index >= 15 is 0 Å². The van der Waals surface area contributed by atoms with Gasteiger partial charge < -0.3 is 5.32 Å². The minimum Gasteiger partial charge on any atom is -0.352 e. The van der Waals surface area contributed by atoms with Gasteiger partial charge in [0, 0.05) is 6.04 Å². The first-order valence-corrected chi connectivity index (χ1v) is 7.50. The normalized spacial score (nSPS) is 29.7. The highest BCUT2D eigenvalue weighted by molar-refractivity contribution is 7.99. The molecule has 3 rings (SSSR count). The molecule has 2 aliphatic carbocycles. The molecular formula is C12H18N4OS. The zero-order chi connectivity index (χ0) is 12.5. The van der Waals surface area contributed by atoms with E-state index in [1.807, 2.05) is 6.92 Å². The molecule has 2 bridgehead atoms. The summed E-state index contributed by atoms with van der Waals surface area (Å²) in [5, 5.41) is 10.6. The Kier molecular flexibility index (Phi) is 3.28. The van der Waals surface area contributed by atoms with Gasteiger partial charge in [-0.05, 0) is 38.0 Å². The lowest BCUT2D eigenvalue weighted by Crippen LogP contribution is -2.39. The van der Waals surface area contributed by atoms with E-state index in [2.05, 4.69) is 20.5 Å². The number of carbonyl (C=O) groups is 1. The number of aromatic nitrogens is 3. The van der Waals surface area contributed by atoms with Crippen LogP contribution in [0, 0.1) is 18.8 Å². The second-order valence-corrected chi connectivity index (χ2v) is 6.28. The molecule has 18 heavy (non-hydrogen) atoms. The van der Waals surface area contributed by atoms with E-state index in [1.54, 1.807) is 0 Å². The molecule has 0 aliphatic heterocycles. The van der Waals surface area contributed by atoms with E-state index < -0.39 is 0 Å². The zero-order valence-electron chi connectivity index (χ0n) is 10.5. The number of nitrogens with one attached hydrogen (secondary N) is 2. The summed E-state index contributed by atoms with van der Waals surface area (Å²) in [6, 6.07) is 0.422. The number of aryl methyl sites for hydroxylation is 1. The Balaban J connectivity index is 1.45. The molecule has 3 atom stereocenters. The lowest BCUT2D eigenvalue weighted by molar-refractivity contribution is -0.119. The summed E-state index contributed by atoms with van der Waals surface area (Å²) >= 11 is 1.39. The van der Waals surface area contributed by atoms with E-state index in [4.69, 9.17) is 0 Å². The van der Waals surface area contributed by atoms with E-state index in [0.717, 1.165) is 17.7 Å². The number of nitrogens with zero attached hydrogens (tertiary/aromatic N) is 2. The first-order chi connectivity index (χ1) is 8.70. The molecule has 0 spiro atoms. The molecular weight excluding hydrogens is 248 g/mol. The number of carbonyl (C=O) groups excluding carboxylic acids is 1. The number of hydrogen-bond acceptors (Lipinski definition) is 4. The number of aromatic amines is 1. The molecule has 1 amide bonds. The van der Waals surface area contributed by atoms with Crippen molar-refractivity contribution in [3.63, 3.8) is 0 Å². The van der Waals surface area contributed by atoms with Crippen molar-refractivity contribution in [1.29, 1.82) is 0 Å². The SMILES string of the molecule is Cc1nc(SCC(=O)N[C@H]2C[C@H]3CC[C@H]2C3)n[nH]1. The predicted octanol–water partition coefficient (Wildman–Crippen LogP) is 1.51. The fraction of sp³-hybridized carbons (Fsp3) is 0.750. The monoisotopic (exact) mass is 266 g/mol. The van der Waals surface area contributed by atoms with Crippen LogP contribution >= 0.6 is 11.8 Å². The van der Waals surface area contributed by atoms with Crippen molar-refractivity contribution in [1.82, 2.24) is 20.5 Å². The Morgan fingerprint density at radius 3 is 3.00 bits per heavy atom. The van der Waals surface area contributed by atoms with Crippen LogP contribution in [0.5, 0.6) is 0 Å². The van der Waals surface area contributed by atoms with Gasteiger partial charge in [-0.25, -0.2) is 4.98 Å².